The molecule has 0 radical (unpaired) electrons. The van der Waals surface area contributed by atoms with E-state index in [9.17, 15) is 4.79 Å². The fraction of sp³-hybridized carbons (Fsp3) is 0.129. The highest BCUT2D eigenvalue weighted by atomic mass is 16.1. The quantitative estimate of drug-likeness (QED) is 0.274. The van der Waals surface area contributed by atoms with E-state index < -0.39 is 0 Å². The third-order valence-electron chi connectivity index (χ3n) is 6.05. The van der Waals surface area contributed by atoms with Crippen molar-refractivity contribution in [2.24, 2.45) is 0 Å². The van der Waals surface area contributed by atoms with E-state index in [-0.39, 0.29) is 5.91 Å². The van der Waals surface area contributed by atoms with Gasteiger partial charge in [-0.3, -0.25) is 4.79 Å². The SMILES string of the molecule is CCCCc1ccc(NC(=O)c2ccc3nc(-c4ccccc4)c(-c4ccccc4)nc3c2)cc1. The third-order valence-corrected chi connectivity index (χ3v) is 6.05. The first-order valence-electron chi connectivity index (χ1n) is 12.0. The Kier molecular flexibility index (Phi) is 6.62. The highest BCUT2D eigenvalue weighted by Crippen LogP contribution is 2.31. The highest BCUT2D eigenvalue weighted by Gasteiger charge is 2.15. The first-order valence-corrected chi connectivity index (χ1v) is 12.0. The van der Waals surface area contributed by atoms with Crippen LogP contribution in [0.15, 0.2) is 103 Å². The van der Waals surface area contributed by atoms with E-state index >= 15 is 0 Å². The van der Waals surface area contributed by atoms with Crippen molar-refractivity contribution >= 4 is 22.6 Å². The van der Waals surface area contributed by atoms with Crippen LogP contribution < -0.4 is 5.32 Å². The lowest BCUT2D eigenvalue weighted by Gasteiger charge is -2.12. The molecule has 0 aliphatic rings. The second kappa shape index (κ2) is 10.3. The molecule has 0 aliphatic heterocycles. The number of nitrogens with one attached hydrogen (secondary N) is 1. The van der Waals surface area contributed by atoms with E-state index in [2.05, 4.69) is 24.4 Å². The van der Waals surface area contributed by atoms with Crippen LogP contribution in [0.5, 0.6) is 0 Å². The molecular formula is C31H27N3O. The molecule has 4 nitrogen and oxygen atoms in total. The average molecular weight is 458 g/mol. The summed E-state index contributed by atoms with van der Waals surface area (Å²) in [5.74, 6) is -0.164. The molecule has 1 heterocycles. The van der Waals surface area contributed by atoms with Crippen LogP contribution in [-0.2, 0) is 6.42 Å². The lowest BCUT2D eigenvalue weighted by atomic mass is 10.0. The molecule has 1 N–H and O–H groups in total. The number of nitrogens with zero attached hydrogens (tertiary/aromatic N) is 2. The molecule has 1 aromatic heterocycles. The molecule has 0 unspecified atom stereocenters. The number of amides is 1. The Hall–Kier alpha value is -4.31. The van der Waals surface area contributed by atoms with E-state index in [0.29, 0.717) is 11.1 Å². The fourth-order valence-electron chi connectivity index (χ4n) is 4.13. The molecule has 0 saturated carbocycles. The maximum Gasteiger partial charge on any atom is 0.255 e. The fourth-order valence-corrected chi connectivity index (χ4v) is 4.13. The molecule has 0 saturated heterocycles. The zero-order valence-corrected chi connectivity index (χ0v) is 19.7. The van der Waals surface area contributed by atoms with Crippen LogP contribution in [0, 0.1) is 0 Å². The van der Waals surface area contributed by atoms with Crippen LogP contribution in [0.3, 0.4) is 0 Å². The van der Waals surface area contributed by atoms with Crippen LogP contribution in [0.2, 0.25) is 0 Å². The molecule has 172 valence electrons. The summed E-state index contributed by atoms with van der Waals surface area (Å²) in [6, 6.07) is 33.7. The molecule has 0 atom stereocenters. The summed E-state index contributed by atoms with van der Waals surface area (Å²) < 4.78 is 0. The Bertz CT molecular complexity index is 1450. The van der Waals surface area contributed by atoms with Gasteiger partial charge in [0.05, 0.1) is 22.4 Å². The Morgan fingerprint density at radius 1 is 0.714 bits per heavy atom. The van der Waals surface area contributed by atoms with Crippen LogP contribution >= 0.6 is 0 Å². The van der Waals surface area contributed by atoms with Crippen LogP contribution in [0.25, 0.3) is 33.5 Å². The maximum absolute atomic E-state index is 13.0. The van der Waals surface area contributed by atoms with Gasteiger partial charge in [-0.15, -0.1) is 0 Å². The third kappa shape index (κ3) is 5.12. The minimum Gasteiger partial charge on any atom is -0.322 e. The van der Waals surface area contributed by atoms with Gasteiger partial charge in [-0.1, -0.05) is 86.1 Å². The van der Waals surface area contributed by atoms with Crippen molar-refractivity contribution < 1.29 is 4.79 Å². The van der Waals surface area contributed by atoms with Crippen molar-refractivity contribution in [3.8, 4) is 22.5 Å². The summed E-state index contributed by atoms with van der Waals surface area (Å²) in [5, 5.41) is 3.00. The highest BCUT2D eigenvalue weighted by molar-refractivity contribution is 6.06. The zero-order valence-electron chi connectivity index (χ0n) is 19.7. The second-order valence-electron chi connectivity index (χ2n) is 8.61. The number of carbonyl (C=O) groups excluding carboxylic acids is 1. The molecule has 0 fully saturated rings. The molecular weight excluding hydrogens is 430 g/mol. The molecule has 5 aromatic rings. The first kappa shape index (κ1) is 22.5. The lowest BCUT2D eigenvalue weighted by Crippen LogP contribution is -2.12. The second-order valence-corrected chi connectivity index (χ2v) is 8.61. The van der Waals surface area contributed by atoms with Gasteiger partial charge in [0.1, 0.15) is 0 Å². The zero-order chi connectivity index (χ0) is 24.0. The Balaban J connectivity index is 1.48. The summed E-state index contributed by atoms with van der Waals surface area (Å²) >= 11 is 0. The standard InChI is InChI=1S/C31H27N3O/c1-2-3-10-22-15-18-26(19-16-22)32-31(35)25-17-20-27-28(21-25)34-30(24-13-8-5-9-14-24)29(33-27)23-11-6-4-7-12-23/h4-9,11-21H,2-3,10H2,1H3,(H,32,35). The van der Waals surface area contributed by atoms with E-state index in [0.717, 1.165) is 40.1 Å². The predicted molar refractivity (Wildman–Crippen MR) is 143 cm³/mol. The average Bonchev–Trinajstić information content (AvgIpc) is 2.92. The smallest absolute Gasteiger partial charge is 0.255 e. The number of benzene rings is 4. The van der Waals surface area contributed by atoms with Gasteiger partial charge in [0.25, 0.3) is 5.91 Å². The number of fused-ring (bicyclic) bond motifs is 1. The largest absolute Gasteiger partial charge is 0.322 e. The molecule has 0 spiro atoms. The predicted octanol–water partition coefficient (Wildman–Crippen LogP) is 7.56. The molecule has 4 aromatic carbocycles. The normalized spacial score (nSPS) is 10.9. The van der Waals surface area contributed by atoms with Gasteiger partial charge in [0.2, 0.25) is 0 Å². The number of hydrogen-bond donors (Lipinski definition) is 1. The maximum atomic E-state index is 13.0. The number of anilines is 1. The number of aromatic nitrogens is 2. The summed E-state index contributed by atoms with van der Waals surface area (Å²) in [6.45, 7) is 2.19. The number of carbonyl (C=O) groups is 1. The number of rotatable bonds is 7. The van der Waals surface area contributed by atoms with Crippen molar-refractivity contribution in [3.63, 3.8) is 0 Å². The van der Waals surface area contributed by atoms with Crippen LogP contribution in [0.4, 0.5) is 5.69 Å². The van der Waals surface area contributed by atoms with Gasteiger partial charge in [0.15, 0.2) is 0 Å². The Labute approximate surface area is 205 Å². The molecule has 4 heteroatoms. The Morgan fingerprint density at radius 2 is 1.31 bits per heavy atom. The van der Waals surface area contributed by atoms with Gasteiger partial charge in [-0.05, 0) is 48.7 Å². The summed E-state index contributed by atoms with van der Waals surface area (Å²) in [6.07, 6.45) is 3.39. The summed E-state index contributed by atoms with van der Waals surface area (Å²) in [4.78, 5) is 22.9. The molecule has 35 heavy (non-hydrogen) atoms. The van der Waals surface area contributed by atoms with Crippen molar-refractivity contribution in [2.75, 3.05) is 5.32 Å². The molecule has 1 amide bonds. The van der Waals surface area contributed by atoms with Gasteiger partial charge >= 0.3 is 0 Å². The van der Waals surface area contributed by atoms with E-state index in [1.807, 2.05) is 84.9 Å². The van der Waals surface area contributed by atoms with Crippen molar-refractivity contribution in [3.05, 3.63) is 114 Å². The number of hydrogen-bond acceptors (Lipinski definition) is 3. The number of aryl methyl sites for hydroxylation is 1. The first-order chi connectivity index (χ1) is 17.2. The summed E-state index contributed by atoms with van der Waals surface area (Å²) in [7, 11) is 0. The lowest BCUT2D eigenvalue weighted by molar-refractivity contribution is 0.102. The Morgan fingerprint density at radius 3 is 1.91 bits per heavy atom. The summed E-state index contributed by atoms with van der Waals surface area (Å²) in [5.41, 5.74) is 7.66. The minimum absolute atomic E-state index is 0.164. The van der Waals surface area contributed by atoms with Gasteiger partial charge in [-0.2, -0.15) is 0 Å². The van der Waals surface area contributed by atoms with Crippen molar-refractivity contribution in [2.45, 2.75) is 26.2 Å². The van der Waals surface area contributed by atoms with Crippen LogP contribution in [0.1, 0.15) is 35.7 Å². The van der Waals surface area contributed by atoms with Crippen molar-refractivity contribution in [1.82, 2.24) is 9.97 Å². The van der Waals surface area contributed by atoms with E-state index in [1.165, 1.54) is 18.4 Å². The van der Waals surface area contributed by atoms with Crippen LogP contribution in [-0.4, -0.2) is 15.9 Å². The molecule has 5 rings (SSSR count). The number of unbranched alkanes of at least 4 members (excludes halogenated alkanes) is 1. The van der Waals surface area contributed by atoms with Gasteiger partial charge in [-0.25, -0.2) is 9.97 Å². The van der Waals surface area contributed by atoms with E-state index in [4.69, 9.17) is 9.97 Å². The topological polar surface area (TPSA) is 54.9 Å². The van der Waals surface area contributed by atoms with Gasteiger partial charge < -0.3 is 5.32 Å². The van der Waals surface area contributed by atoms with Gasteiger partial charge in [0, 0.05) is 22.4 Å². The molecule has 0 bridgehead atoms. The van der Waals surface area contributed by atoms with Crippen molar-refractivity contribution in [1.29, 1.82) is 0 Å². The van der Waals surface area contributed by atoms with E-state index in [1.54, 1.807) is 6.07 Å². The minimum atomic E-state index is -0.164. The molecule has 0 aliphatic carbocycles. The monoisotopic (exact) mass is 457 g/mol.